The van der Waals surface area contributed by atoms with Crippen LogP contribution in [0.25, 0.3) is 0 Å². The molecule has 5 nitrogen and oxygen atoms in total. The highest BCUT2D eigenvalue weighted by Gasteiger charge is 2.15. The van der Waals surface area contributed by atoms with Crippen molar-refractivity contribution in [1.29, 1.82) is 0 Å². The molecule has 1 aromatic rings. The Kier molecular flexibility index (Phi) is 6.84. The van der Waals surface area contributed by atoms with Crippen molar-refractivity contribution in [2.24, 2.45) is 5.92 Å². The fourth-order valence-corrected chi connectivity index (χ4v) is 2.80. The van der Waals surface area contributed by atoms with Crippen LogP contribution in [-0.4, -0.2) is 27.4 Å². The van der Waals surface area contributed by atoms with Gasteiger partial charge in [-0.05, 0) is 37.0 Å². The molecule has 0 unspecified atom stereocenters. The molecule has 6 heteroatoms. The van der Waals surface area contributed by atoms with Crippen LogP contribution in [0, 0.1) is 5.92 Å². The van der Waals surface area contributed by atoms with Gasteiger partial charge in [-0.3, -0.25) is 4.79 Å². The summed E-state index contributed by atoms with van der Waals surface area (Å²) in [6.45, 7) is 6.99. The monoisotopic (exact) mass is 312 g/mol. The number of hydrogen-bond donors (Lipinski definition) is 2. The SMILES string of the molecule is CCCNC(=O)c1cccc(S(=O)(=O)NCCC(C)C)c1. The van der Waals surface area contributed by atoms with Gasteiger partial charge in [-0.1, -0.05) is 26.8 Å². The fraction of sp³-hybridized carbons (Fsp3) is 0.533. The number of nitrogens with one attached hydrogen (secondary N) is 2. The Hall–Kier alpha value is -1.40. The summed E-state index contributed by atoms with van der Waals surface area (Å²) in [5.41, 5.74) is 0.357. The Morgan fingerprint density at radius 2 is 1.95 bits per heavy atom. The predicted octanol–water partition coefficient (Wildman–Crippen LogP) is 2.15. The molecule has 0 spiro atoms. The average Bonchev–Trinajstić information content (AvgIpc) is 2.44. The molecule has 0 radical (unpaired) electrons. The molecule has 1 amide bonds. The van der Waals surface area contributed by atoms with E-state index in [-0.39, 0.29) is 10.8 Å². The third-order valence-corrected chi connectivity index (χ3v) is 4.41. The Labute approximate surface area is 127 Å². The third-order valence-electron chi connectivity index (χ3n) is 2.96. The van der Waals surface area contributed by atoms with E-state index >= 15 is 0 Å². The van der Waals surface area contributed by atoms with E-state index in [9.17, 15) is 13.2 Å². The molecule has 0 heterocycles. The third kappa shape index (κ3) is 5.85. The maximum atomic E-state index is 12.2. The van der Waals surface area contributed by atoms with Crippen LogP contribution in [0.2, 0.25) is 0 Å². The van der Waals surface area contributed by atoms with Crippen molar-refractivity contribution in [3.05, 3.63) is 29.8 Å². The molecule has 21 heavy (non-hydrogen) atoms. The molecule has 0 saturated carbocycles. The number of rotatable bonds is 8. The number of carbonyl (C=O) groups excluding carboxylic acids is 1. The molecule has 0 aromatic heterocycles. The molecular formula is C15H24N2O3S. The first-order chi connectivity index (χ1) is 9.86. The second-order valence-electron chi connectivity index (χ2n) is 5.36. The van der Waals surface area contributed by atoms with E-state index < -0.39 is 10.0 Å². The lowest BCUT2D eigenvalue weighted by Gasteiger charge is -2.09. The molecular weight excluding hydrogens is 288 g/mol. The summed E-state index contributed by atoms with van der Waals surface area (Å²) in [7, 11) is -3.56. The lowest BCUT2D eigenvalue weighted by atomic mass is 10.1. The quantitative estimate of drug-likeness (QED) is 0.772. The molecule has 0 aliphatic rings. The summed E-state index contributed by atoms with van der Waals surface area (Å²) < 4.78 is 26.9. The van der Waals surface area contributed by atoms with Crippen molar-refractivity contribution in [2.75, 3.05) is 13.1 Å². The van der Waals surface area contributed by atoms with E-state index in [1.807, 2.05) is 20.8 Å². The summed E-state index contributed by atoms with van der Waals surface area (Å²) >= 11 is 0. The molecule has 0 aliphatic carbocycles. The summed E-state index contributed by atoms with van der Waals surface area (Å²) in [5, 5.41) is 2.73. The van der Waals surface area contributed by atoms with Gasteiger partial charge in [-0.2, -0.15) is 0 Å². The molecule has 0 aliphatic heterocycles. The van der Waals surface area contributed by atoms with Crippen molar-refractivity contribution < 1.29 is 13.2 Å². The van der Waals surface area contributed by atoms with E-state index in [1.54, 1.807) is 12.1 Å². The van der Waals surface area contributed by atoms with Crippen molar-refractivity contribution in [3.8, 4) is 0 Å². The van der Waals surface area contributed by atoms with E-state index in [4.69, 9.17) is 0 Å². The summed E-state index contributed by atoms with van der Waals surface area (Å²) in [4.78, 5) is 12.0. The van der Waals surface area contributed by atoms with E-state index in [0.29, 0.717) is 24.6 Å². The van der Waals surface area contributed by atoms with Crippen LogP contribution in [0.3, 0.4) is 0 Å². The molecule has 0 bridgehead atoms. The number of sulfonamides is 1. The second kappa shape index (κ2) is 8.14. The minimum Gasteiger partial charge on any atom is -0.352 e. The number of benzene rings is 1. The van der Waals surface area contributed by atoms with Gasteiger partial charge in [-0.15, -0.1) is 0 Å². The maximum absolute atomic E-state index is 12.2. The Bertz CT molecular complexity index is 568. The van der Waals surface area contributed by atoms with Crippen molar-refractivity contribution in [2.45, 2.75) is 38.5 Å². The second-order valence-corrected chi connectivity index (χ2v) is 7.13. The molecule has 0 atom stereocenters. The van der Waals surface area contributed by atoms with Crippen molar-refractivity contribution in [1.82, 2.24) is 10.0 Å². The predicted molar refractivity (Wildman–Crippen MR) is 83.7 cm³/mol. The zero-order valence-electron chi connectivity index (χ0n) is 12.8. The van der Waals surface area contributed by atoms with Gasteiger partial charge >= 0.3 is 0 Å². The van der Waals surface area contributed by atoms with Crippen LogP contribution >= 0.6 is 0 Å². The highest BCUT2D eigenvalue weighted by molar-refractivity contribution is 7.89. The Morgan fingerprint density at radius 1 is 1.24 bits per heavy atom. The standard InChI is InChI=1S/C15H24N2O3S/c1-4-9-16-15(18)13-6-5-7-14(11-13)21(19,20)17-10-8-12(2)3/h5-7,11-12,17H,4,8-10H2,1-3H3,(H,16,18). The minimum atomic E-state index is -3.56. The topological polar surface area (TPSA) is 75.3 Å². The maximum Gasteiger partial charge on any atom is 0.251 e. The van der Waals surface area contributed by atoms with Gasteiger partial charge in [0.25, 0.3) is 5.91 Å². The van der Waals surface area contributed by atoms with Gasteiger partial charge in [0.2, 0.25) is 10.0 Å². The van der Waals surface area contributed by atoms with Gasteiger partial charge in [0.1, 0.15) is 0 Å². The number of amides is 1. The van der Waals surface area contributed by atoms with Crippen LogP contribution in [-0.2, 0) is 10.0 Å². The lowest BCUT2D eigenvalue weighted by molar-refractivity contribution is 0.0953. The van der Waals surface area contributed by atoms with Gasteiger partial charge in [0.05, 0.1) is 4.90 Å². The first-order valence-corrected chi connectivity index (χ1v) is 8.73. The van der Waals surface area contributed by atoms with Crippen LogP contribution in [0.4, 0.5) is 0 Å². The molecule has 1 aromatic carbocycles. The Balaban J connectivity index is 2.81. The van der Waals surface area contributed by atoms with Crippen LogP contribution in [0.1, 0.15) is 44.0 Å². The number of carbonyl (C=O) groups is 1. The van der Waals surface area contributed by atoms with E-state index in [2.05, 4.69) is 10.0 Å². The Morgan fingerprint density at radius 3 is 2.57 bits per heavy atom. The molecule has 2 N–H and O–H groups in total. The first kappa shape index (κ1) is 17.7. The average molecular weight is 312 g/mol. The highest BCUT2D eigenvalue weighted by Crippen LogP contribution is 2.12. The zero-order valence-corrected chi connectivity index (χ0v) is 13.7. The van der Waals surface area contributed by atoms with Gasteiger partial charge in [0.15, 0.2) is 0 Å². The molecule has 1 rings (SSSR count). The zero-order chi connectivity index (χ0) is 15.9. The van der Waals surface area contributed by atoms with Crippen LogP contribution < -0.4 is 10.0 Å². The van der Waals surface area contributed by atoms with Gasteiger partial charge in [0, 0.05) is 18.7 Å². The van der Waals surface area contributed by atoms with Crippen LogP contribution in [0.15, 0.2) is 29.2 Å². The lowest BCUT2D eigenvalue weighted by Crippen LogP contribution is -2.27. The van der Waals surface area contributed by atoms with Gasteiger partial charge < -0.3 is 5.32 Å². The smallest absolute Gasteiger partial charge is 0.251 e. The molecule has 0 fully saturated rings. The molecule has 0 saturated heterocycles. The van der Waals surface area contributed by atoms with Crippen molar-refractivity contribution in [3.63, 3.8) is 0 Å². The summed E-state index contributed by atoms with van der Waals surface area (Å²) in [6, 6.07) is 6.09. The highest BCUT2D eigenvalue weighted by atomic mass is 32.2. The van der Waals surface area contributed by atoms with Gasteiger partial charge in [-0.25, -0.2) is 13.1 Å². The van der Waals surface area contributed by atoms with E-state index in [0.717, 1.165) is 12.8 Å². The van der Waals surface area contributed by atoms with E-state index in [1.165, 1.54) is 12.1 Å². The summed E-state index contributed by atoms with van der Waals surface area (Å²) in [6.07, 6.45) is 1.61. The first-order valence-electron chi connectivity index (χ1n) is 7.24. The molecule has 118 valence electrons. The van der Waals surface area contributed by atoms with Crippen LogP contribution in [0.5, 0.6) is 0 Å². The minimum absolute atomic E-state index is 0.121. The summed E-state index contributed by atoms with van der Waals surface area (Å²) in [5.74, 6) is 0.176. The van der Waals surface area contributed by atoms with Crippen molar-refractivity contribution >= 4 is 15.9 Å². The largest absolute Gasteiger partial charge is 0.352 e. The fourth-order valence-electron chi connectivity index (χ4n) is 1.71. The normalized spacial score (nSPS) is 11.6. The number of hydrogen-bond acceptors (Lipinski definition) is 3.